The third kappa shape index (κ3) is 11.8. The van der Waals surface area contributed by atoms with E-state index in [2.05, 4.69) is 154 Å². The van der Waals surface area contributed by atoms with Gasteiger partial charge in [-0.1, -0.05) is 125 Å². The average Bonchev–Trinajstić information content (AvgIpc) is 4.58. The molecular formula is C68H78N4O7. The summed E-state index contributed by atoms with van der Waals surface area (Å²) in [5.74, 6) is -0.143. The summed E-state index contributed by atoms with van der Waals surface area (Å²) in [5, 5.41) is 25.1. The summed E-state index contributed by atoms with van der Waals surface area (Å²) in [4.78, 5) is 50.3. The molecule has 2 fully saturated rings. The fourth-order valence-corrected chi connectivity index (χ4v) is 11.0. The molecule has 11 heteroatoms. The number of esters is 1. The van der Waals surface area contributed by atoms with Crippen molar-refractivity contribution < 1.29 is 34.1 Å². The maximum atomic E-state index is 13.2. The number of aliphatic carboxylic acids is 1. The number of aryl methyl sites for hydroxylation is 2. The Labute approximate surface area is 466 Å². The van der Waals surface area contributed by atoms with Crippen LogP contribution in [0.3, 0.4) is 0 Å². The van der Waals surface area contributed by atoms with Gasteiger partial charge < -0.3 is 34.7 Å². The molecule has 2 heterocycles. The predicted molar refractivity (Wildman–Crippen MR) is 316 cm³/mol. The Kier molecular flexibility index (Phi) is 17.2. The van der Waals surface area contributed by atoms with E-state index in [0.717, 1.165) is 87.4 Å². The van der Waals surface area contributed by atoms with E-state index >= 15 is 0 Å². The molecule has 0 radical (unpaired) electrons. The van der Waals surface area contributed by atoms with E-state index in [-0.39, 0.29) is 29.9 Å². The molecule has 2 atom stereocenters. The molecule has 2 amide bonds. The number of aliphatic hydroxyl groups is 1. The molecule has 2 saturated carbocycles. The first-order valence-electron chi connectivity index (χ1n) is 27.7. The van der Waals surface area contributed by atoms with Crippen molar-refractivity contribution in [3.8, 4) is 0 Å². The van der Waals surface area contributed by atoms with E-state index < -0.39 is 16.8 Å². The van der Waals surface area contributed by atoms with Gasteiger partial charge in [0.1, 0.15) is 0 Å². The number of hydrogen-bond donors (Lipinski definition) is 4. The van der Waals surface area contributed by atoms with Crippen molar-refractivity contribution >= 4 is 45.6 Å². The summed E-state index contributed by atoms with van der Waals surface area (Å²) in [6.45, 7) is 22.6. The highest BCUT2D eigenvalue weighted by atomic mass is 16.5. The van der Waals surface area contributed by atoms with Crippen LogP contribution in [0, 0.1) is 27.7 Å². The van der Waals surface area contributed by atoms with Crippen LogP contribution in [0.25, 0.3) is 21.8 Å². The Balaban J connectivity index is 0.000000202. The number of amides is 2. The summed E-state index contributed by atoms with van der Waals surface area (Å²) >= 11 is 0. The number of nitrogens with zero attached hydrogens (tertiary/aromatic N) is 2. The number of methoxy groups -OCH3 is 1. The highest BCUT2D eigenvalue weighted by Gasteiger charge is 2.53. The van der Waals surface area contributed by atoms with Gasteiger partial charge in [-0.2, -0.15) is 0 Å². The van der Waals surface area contributed by atoms with Crippen LogP contribution in [0.1, 0.15) is 179 Å². The van der Waals surface area contributed by atoms with Crippen LogP contribution in [0.4, 0.5) is 0 Å². The predicted octanol–water partition coefficient (Wildman–Crippen LogP) is 13.8. The molecule has 79 heavy (non-hydrogen) atoms. The Bertz CT molecular complexity index is 3540. The molecule has 6 aromatic carbocycles. The summed E-state index contributed by atoms with van der Waals surface area (Å²) in [5.41, 5.74) is 16.0. The van der Waals surface area contributed by atoms with Crippen LogP contribution in [-0.2, 0) is 38.2 Å². The highest BCUT2D eigenvalue weighted by molar-refractivity contribution is 6.00. The van der Waals surface area contributed by atoms with Crippen LogP contribution in [0.2, 0.25) is 0 Å². The minimum absolute atomic E-state index is 0.0700. The zero-order chi connectivity index (χ0) is 57.1. The zero-order valence-electron chi connectivity index (χ0n) is 48.1. The van der Waals surface area contributed by atoms with Crippen LogP contribution in [0.5, 0.6) is 0 Å². The monoisotopic (exact) mass is 1060 g/mol. The smallest absolute Gasteiger partial charge is 0.316 e. The van der Waals surface area contributed by atoms with E-state index in [4.69, 9.17) is 9.84 Å². The van der Waals surface area contributed by atoms with Crippen LogP contribution in [-0.4, -0.2) is 57.3 Å². The van der Waals surface area contributed by atoms with Crippen molar-refractivity contribution in [2.24, 2.45) is 0 Å². The molecule has 2 aromatic heterocycles. The minimum Gasteiger partial charge on any atom is -0.481 e. The van der Waals surface area contributed by atoms with Gasteiger partial charge in [0.25, 0.3) is 11.8 Å². The lowest BCUT2D eigenvalue weighted by Crippen LogP contribution is -2.26. The van der Waals surface area contributed by atoms with Crippen LogP contribution in [0.15, 0.2) is 133 Å². The molecule has 412 valence electrons. The highest BCUT2D eigenvalue weighted by Crippen LogP contribution is 2.50. The van der Waals surface area contributed by atoms with Gasteiger partial charge in [0.15, 0.2) is 0 Å². The van der Waals surface area contributed by atoms with Gasteiger partial charge in [-0.3, -0.25) is 19.2 Å². The second-order valence-electron chi connectivity index (χ2n) is 22.5. The normalized spacial score (nSPS) is 14.6. The van der Waals surface area contributed by atoms with E-state index in [9.17, 15) is 24.3 Å². The van der Waals surface area contributed by atoms with Gasteiger partial charge in [-0.25, -0.2) is 0 Å². The van der Waals surface area contributed by atoms with Crippen molar-refractivity contribution in [2.75, 3.05) is 14.2 Å². The second-order valence-corrected chi connectivity index (χ2v) is 22.5. The Morgan fingerprint density at radius 3 is 1.23 bits per heavy atom. The molecule has 10 rings (SSSR count). The first-order valence-corrected chi connectivity index (χ1v) is 27.7. The van der Waals surface area contributed by atoms with Gasteiger partial charge in [-0.05, 0) is 171 Å². The molecule has 11 nitrogen and oxygen atoms in total. The molecular weight excluding hydrogens is 985 g/mol. The maximum absolute atomic E-state index is 13.2. The number of rotatable bonds is 16. The number of fused-ring (bicyclic) bond motifs is 2. The largest absolute Gasteiger partial charge is 0.481 e. The molecule has 0 saturated heterocycles. The average molecular weight is 1060 g/mol. The number of carbonyl (C=O) groups is 4. The summed E-state index contributed by atoms with van der Waals surface area (Å²) in [6, 6.07) is 44.9. The molecule has 0 unspecified atom stereocenters. The van der Waals surface area contributed by atoms with Crippen LogP contribution < -0.4 is 10.6 Å². The van der Waals surface area contributed by atoms with Gasteiger partial charge >= 0.3 is 11.9 Å². The molecule has 0 spiro atoms. The number of ether oxygens (including phenoxy) is 1. The van der Waals surface area contributed by atoms with Crippen molar-refractivity contribution in [1.82, 2.24) is 19.8 Å². The lowest BCUT2D eigenvalue weighted by Gasteiger charge is -2.17. The van der Waals surface area contributed by atoms with E-state index in [1.807, 2.05) is 68.4 Å². The molecule has 2 aliphatic rings. The second kappa shape index (κ2) is 23.7. The first kappa shape index (κ1) is 57.4. The number of hydrogen-bond acceptors (Lipinski definition) is 6. The molecule has 0 aliphatic heterocycles. The number of carbonyl (C=O) groups excluding carboxylic acids is 3. The van der Waals surface area contributed by atoms with Crippen molar-refractivity contribution in [2.45, 2.75) is 143 Å². The number of nitrogens with one attached hydrogen (secondary N) is 2. The van der Waals surface area contributed by atoms with E-state index in [0.29, 0.717) is 42.3 Å². The van der Waals surface area contributed by atoms with Gasteiger partial charge in [0, 0.05) is 64.5 Å². The summed E-state index contributed by atoms with van der Waals surface area (Å²) in [6.07, 6.45) is 3.11. The Hall–Kier alpha value is -7.76. The Morgan fingerprint density at radius 1 is 0.519 bits per heavy atom. The maximum Gasteiger partial charge on any atom is 0.316 e. The van der Waals surface area contributed by atoms with E-state index in [1.165, 1.54) is 35.1 Å². The topological polar surface area (TPSA) is 152 Å². The fraction of sp³-hybridized carbons (Fsp3) is 0.353. The van der Waals surface area contributed by atoms with Crippen molar-refractivity contribution in [3.63, 3.8) is 0 Å². The number of carboxylic acids is 1. The summed E-state index contributed by atoms with van der Waals surface area (Å²) in [7, 11) is 2.46. The number of carboxylic acid groups (broad SMARTS) is 1. The third-order valence-corrected chi connectivity index (χ3v) is 16.8. The molecule has 8 aromatic rings. The lowest BCUT2D eigenvalue weighted by molar-refractivity contribution is -0.143. The molecule has 2 aliphatic carbocycles. The fourth-order valence-electron chi connectivity index (χ4n) is 11.0. The standard InChI is InChI=1S/C34H38N2O3.C33H36N2O3.CH4O/c1-21(2)26-8-7-9-27(18-26)23(4)35-32(37)28-12-15-31-30(19-28)22(3)24(5)36(31)20-25-10-13-29(14-11-25)34(16-17-34)33(38)39-6;1-20(2)25-7-6-8-26(17-25)22(4)34-31(36)27-11-14-30-29(18-27)21(3)23(5)35(30)19-24-9-12-28(13-10-24)33(15-16-33)32(37)38;1-2/h7-15,18-19,21,23H,16-17,20H2,1-6H3,(H,35,37);6-14,17-18,20,22H,15-16,19H2,1-5H3,(H,34,36)(H,37,38);2H,1H3/t23-;22-;/m00./s1. The SMILES string of the molecule is CO.COC(=O)C1(c2ccc(Cn3c(C)c(C)c4cc(C(=O)N[C@@H](C)c5cccc(C(C)C)c5)ccc43)cc2)CC1.Cc1c(C)n(Cc2ccc(C3(C(=O)O)CC3)cc2)c2ccc(C(=O)N[C@@H](C)c3cccc(C(C)C)c3)cc12. The molecule has 0 bridgehead atoms. The van der Waals surface area contributed by atoms with Gasteiger partial charge in [0.05, 0.1) is 30.0 Å². The van der Waals surface area contributed by atoms with Crippen LogP contribution >= 0.6 is 0 Å². The van der Waals surface area contributed by atoms with Crippen molar-refractivity contribution in [3.05, 3.63) is 212 Å². The zero-order valence-corrected chi connectivity index (χ0v) is 48.1. The minimum atomic E-state index is -0.730. The summed E-state index contributed by atoms with van der Waals surface area (Å²) < 4.78 is 9.61. The van der Waals surface area contributed by atoms with Gasteiger partial charge in [-0.15, -0.1) is 0 Å². The quantitative estimate of drug-likeness (QED) is 0.0703. The van der Waals surface area contributed by atoms with E-state index in [1.54, 1.807) is 0 Å². The first-order chi connectivity index (χ1) is 37.7. The lowest BCUT2D eigenvalue weighted by atomic mass is 9.95. The number of benzene rings is 6. The number of aliphatic hydroxyl groups excluding tert-OH is 1. The Morgan fingerprint density at radius 2 is 0.886 bits per heavy atom. The van der Waals surface area contributed by atoms with Crippen molar-refractivity contribution in [1.29, 1.82) is 0 Å². The third-order valence-electron chi connectivity index (χ3n) is 16.8. The molecule has 4 N–H and O–H groups in total. The van der Waals surface area contributed by atoms with Gasteiger partial charge in [0.2, 0.25) is 0 Å². The number of aromatic nitrogens is 2.